The molecule has 4 heteroatoms. The van der Waals surface area contributed by atoms with Crippen molar-refractivity contribution in [2.45, 2.75) is 25.8 Å². The highest BCUT2D eigenvalue weighted by molar-refractivity contribution is 5.89. The fourth-order valence-corrected chi connectivity index (χ4v) is 1.50. The van der Waals surface area contributed by atoms with E-state index >= 15 is 0 Å². The van der Waals surface area contributed by atoms with Crippen LogP contribution in [-0.2, 0) is 4.74 Å². The predicted octanol–water partition coefficient (Wildman–Crippen LogP) is 2.01. The van der Waals surface area contributed by atoms with Gasteiger partial charge < -0.3 is 15.8 Å². The summed E-state index contributed by atoms with van der Waals surface area (Å²) in [4.78, 5) is 11.2. The van der Waals surface area contributed by atoms with Gasteiger partial charge in [0.15, 0.2) is 0 Å². The van der Waals surface area contributed by atoms with Crippen LogP contribution in [0.2, 0.25) is 0 Å². The zero-order valence-electron chi connectivity index (χ0n) is 10.4. The van der Waals surface area contributed by atoms with Gasteiger partial charge >= 0.3 is 5.97 Å². The molecule has 0 saturated carbocycles. The number of hydrogen-bond acceptors (Lipinski definition) is 4. The molecule has 0 aromatic heterocycles. The average Bonchev–Trinajstić information content (AvgIpc) is 2.34. The van der Waals surface area contributed by atoms with Crippen molar-refractivity contribution >= 4 is 11.7 Å². The third kappa shape index (κ3) is 4.87. The molecule has 17 heavy (non-hydrogen) atoms. The van der Waals surface area contributed by atoms with Gasteiger partial charge in [-0.3, -0.25) is 0 Å². The van der Waals surface area contributed by atoms with Gasteiger partial charge in [-0.05, 0) is 44.0 Å². The Kier molecular flexibility index (Phi) is 5.49. The summed E-state index contributed by atoms with van der Waals surface area (Å²) < 4.78 is 4.63. The molecule has 1 unspecified atom stereocenters. The fourth-order valence-electron chi connectivity index (χ4n) is 1.50. The second kappa shape index (κ2) is 6.91. The molecular weight excluding hydrogens is 216 g/mol. The highest BCUT2D eigenvalue weighted by Crippen LogP contribution is 2.10. The highest BCUT2D eigenvalue weighted by Gasteiger charge is 2.03. The molecule has 1 aromatic rings. The van der Waals surface area contributed by atoms with E-state index in [4.69, 9.17) is 5.73 Å². The van der Waals surface area contributed by atoms with Gasteiger partial charge in [0.05, 0.1) is 12.7 Å². The van der Waals surface area contributed by atoms with Crippen LogP contribution in [0.15, 0.2) is 24.3 Å². The second-order valence-corrected chi connectivity index (χ2v) is 4.12. The Morgan fingerprint density at radius 1 is 1.41 bits per heavy atom. The second-order valence-electron chi connectivity index (χ2n) is 4.12. The number of carbonyl (C=O) groups excluding carboxylic acids is 1. The van der Waals surface area contributed by atoms with E-state index in [2.05, 4.69) is 10.1 Å². The van der Waals surface area contributed by atoms with E-state index in [-0.39, 0.29) is 12.0 Å². The van der Waals surface area contributed by atoms with Gasteiger partial charge in [-0.2, -0.15) is 0 Å². The number of hydrogen-bond donors (Lipinski definition) is 2. The maximum Gasteiger partial charge on any atom is 0.337 e. The predicted molar refractivity (Wildman–Crippen MR) is 69.2 cm³/mol. The summed E-state index contributed by atoms with van der Waals surface area (Å²) in [5, 5.41) is 3.28. The SMILES string of the molecule is COC(=O)c1ccc(NCCCC(C)N)cc1. The first-order valence-electron chi connectivity index (χ1n) is 5.81. The summed E-state index contributed by atoms with van der Waals surface area (Å²) in [6, 6.07) is 7.49. The van der Waals surface area contributed by atoms with Crippen molar-refractivity contribution < 1.29 is 9.53 Å². The zero-order chi connectivity index (χ0) is 12.7. The van der Waals surface area contributed by atoms with Crippen LogP contribution in [0.1, 0.15) is 30.1 Å². The lowest BCUT2D eigenvalue weighted by Crippen LogP contribution is -2.16. The number of nitrogens with one attached hydrogen (secondary N) is 1. The maximum absolute atomic E-state index is 11.2. The Balaban J connectivity index is 2.38. The normalized spacial score (nSPS) is 11.9. The highest BCUT2D eigenvalue weighted by atomic mass is 16.5. The molecule has 94 valence electrons. The number of methoxy groups -OCH3 is 1. The molecule has 1 aromatic carbocycles. The molecule has 0 fully saturated rings. The van der Waals surface area contributed by atoms with Crippen molar-refractivity contribution in [3.63, 3.8) is 0 Å². The van der Waals surface area contributed by atoms with Crippen LogP contribution in [0, 0.1) is 0 Å². The van der Waals surface area contributed by atoms with Gasteiger partial charge in [0, 0.05) is 18.3 Å². The van der Waals surface area contributed by atoms with Gasteiger partial charge in [-0.1, -0.05) is 0 Å². The van der Waals surface area contributed by atoms with Crippen LogP contribution in [-0.4, -0.2) is 25.7 Å². The van der Waals surface area contributed by atoms with E-state index in [0.717, 1.165) is 25.1 Å². The lowest BCUT2D eigenvalue weighted by atomic mass is 10.2. The number of anilines is 1. The van der Waals surface area contributed by atoms with Crippen molar-refractivity contribution in [1.29, 1.82) is 0 Å². The third-order valence-corrected chi connectivity index (χ3v) is 2.47. The molecule has 0 spiro atoms. The summed E-state index contributed by atoms with van der Waals surface area (Å²) in [5.74, 6) is -0.312. The smallest absolute Gasteiger partial charge is 0.337 e. The van der Waals surface area contributed by atoms with Crippen molar-refractivity contribution in [1.82, 2.24) is 0 Å². The number of carbonyl (C=O) groups is 1. The van der Waals surface area contributed by atoms with E-state index in [1.165, 1.54) is 7.11 Å². The Hall–Kier alpha value is -1.55. The van der Waals surface area contributed by atoms with Gasteiger partial charge in [0.2, 0.25) is 0 Å². The van der Waals surface area contributed by atoms with E-state index in [1.807, 2.05) is 19.1 Å². The summed E-state index contributed by atoms with van der Waals surface area (Å²) in [6.45, 7) is 2.89. The summed E-state index contributed by atoms with van der Waals surface area (Å²) >= 11 is 0. The molecule has 0 aliphatic heterocycles. The van der Waals surface area contributed by atoms with E-state index in [9.17, 15) is 4.79 Å². The van der Waals surface area contributed by atoms with E-state index in [1.54, 1.807) is 12.1 Å². The third-order valence-electron chi connectivity index (χ3n) is 2.47. The molecule has 0 bridgehead atoms. The van der Waals surface area contributed by atoms with Crippen LogP contribution in [0.3, 0.4) is 0 Å². The van der Waals surface area contributed by atoms with Crippen LogP contribution in [0.5, 0.6) is 0 Å². The minimum absolute atomic E-state index is 0.249. The minimum atomic E-state index is -0.312. The largest absolute Gasteiger partial charge is 0.465 e. The van der Waals surface area contributed by atoms with Gasteiger partial charge in [0.1, 0.15) is 0 Å². The molecule has 1 rings (SSSR count). The van der Waals surface area contributed by atoms with Crippen LogP contribution < -0.4 is 11.1 Å². The molecule has 0 aliphatic rings. The first-order chi connectivity index (χ1) is 8.13. The van der Waals surface area contributed by atoms with Crippen molar-refractivity contribution in [3.8, 4) is 0 Å². The Morgan fingerprint density at radius 3 is 2.59 bits per heavy atom. The number of ether oxygens (including phenoxy) is 1. The van der Waals surface area contributed by atoms with E-state index in [0.29, 0.717) is 5.56 Å². The molecule has 1 atom stereocenters. The summed E-state index contributed by atoms with van der Waals surface area (Å²) in [6.07, 6.45) is 2.05. The zero-order valence-corrected chi connectivity index (χ0v) is 10.4. The van der Waals surface area contributed by atoms with Crippen LogP contribution in [0.4, 0.5) is 5.69 Å². The molecular formula is C13H20N2O2. The fraction of sp³-hybridized carbons (Fsp3) is 0.462. The van der Waals surface area contributed by atoms with E-state index < -0.39 is 0 Å². The lowest BCUT2D eigenvalue weighted by molar-refractivity contribution is 0.0601. The number of benzene rings is 1. The standard InChI is InChI=1S/C13H20N2O2/c1-10(14)4-3-9-15-12-7-5-11(6-8-12)13(16)17-2/h5-8,10,15H,3-4,9,14H2,1-2H3. The molecule has 3 N–H and O–H groups in total. The van der Waals surface area contributed by atoms with Gasteiger partial charge in [-0.15, -0.1) is 0 Å². The number of rotatable bonds is 6. The average molecular weight is 236 g/mol. The molecule has 0 radical (unpaired) electrons. The van der Waals surface area contributed by atoms with Gasteiger partial charge in [-0.25, -0.2) is 4.79 Å². The summed E-state index contributed by atoms with van der Waals surface area (Å²) in [7, 11) is 1.38. The first-order valence-corrected chi connectivity index (χ1v) is 5.81. The van der Waals surface area contributed by atoms with Crippen molar-refractivity contribution in [2.24, 2.45) is 5.73 Å². The number of esters is 1. The molecule has 0 amide bonds. The van der Waals surface area contributed by atoms with Crippen molar-refractivity contribution in [3.05, 3.63) is 29.8 Å². The Labute approximate surface area is 102 Å². The Morgan fingerprint density at radius 2 is 2.06 bits per heavy atom. The molecule has 0 heterocycles. The number of nitrogens with two attached hydrogens (primary N) is 1. The summed E-state index contributed by atoms with van der Waals surface area (Å²) in [5.41, 5.74) is 7.23. The Bertz CT molecular complexity index is 347. The molecule has 0 saturated heterocycles. The lowest BCUT2D eigenvalue weighted by Gasteiger charge is -2.08. The van der Waals surface area contributed by atoms with Gasteiger partial charge in [0.25, 0.3) is 0 Å². The molecule has 4 nitrogen and oxygen atoms in total. The van der Waals surface area contributed by atoms with Crippen molar-refractivity contribution in [2.75, 3.05) is 19.0 Å². The first kappa shape index (κ1) is 13.5. The minimum Gasteiger partial charge on any atom is -0.465 e. The maximum atomic E-state index is 11.2. The molecule has 0 aliphatic carbocycles. The topological polar surface area (TPSA) is 64.3 Å². The van der Waals surface area contributed by atoms with Crippen LogP contribution >= 0.6 is 0 Å². The quantitative estimate of drug-likeness (QED) is 0.586. The monoisotopic (exact) mass is 236 g/mol. The van der Waals surface area contributed by atoms with Crippen LogP contribution in [0.25, 0.3) is 0 Å².